The van der Waals surface area contributed by atoms with Gasteiger partial charge in [-0.05, 0) is 44.4 Å². The number of aliphatic hydroxyl groups is 1. The summed E-state index contributed by atoms with van der Waals surface area (Å²) >= 11 is 0. The Morgan fingerprint density at radius 1 is 1.17 bits per heavy atom. The molecule has 0 spiro atoms. The summed E-state index contributed by atoms with van der Waals surface area (Å²) in [6.07, 6.45) is 1.01. The monoisotopic (exact) mass is 253 g/mol. The van der Waals surface area contributed by atoms with Crippen LogP contribution in [0.1, 0.15) is 25.8 Å². The highest BCUT2D eigenvalue weighted by molar-refractivity contribution is 5.43. The van der Waals surface area contributed by atoms with E-state index >= 15 is 0 Å². The molecule has 0 bridgehead atoms. The lowest BCUT2D eigenvalue weighted by atomic mass is 10.1. The number of aliphatic hydroxyl groups excluding tert-OH is 1. The lowest BCUT2D eigenvalue weighted by Crippen LogP contribution is -2.20. The van der Waals surface area contributed by atoms with Gasteiger partial charge < -0.3 is 20.3 Å². The Bertz CT molecular complexity index is 355. The Morgan fingerprint density at radius 2 is 1.83 bits per heavy atom. The highest BCUT2D eigenvalue weighted by Gasteiger charge is 2.07. The number of hydrogen-bond acceptors (Lipinski definition) is 4. The quantitative estimate of drug-likeness (QED) is 0.740. The van der Waals surface area contributed by atoms with Gasteiger partial charge in [-0.25, -0.2) is 0 Å². The Labute approximate surface area is 109 Å². The van der Waals surface area contributed by atoms with Gasteiger partial charge in [-0.2, -0.15) is 0 Å². The molecule has 3 N–H and O–H groups in total. The summed E-state index contributed by atoms with van der Waals surface area (Å²) in [5.74, 6) is 1.53. The smallest absolute Gasteiger partial charge is 0.161 e. The predicted molar refractivity (Wildman–Crippen MR) is 72.2 cm³/mol. The van der Waals surface area contributed by atoms with Crippen LogP contribution in [-0.4, -0.2) is 31.0 Å². The van der Waals surface area contributed by atoms with Crippen LogP contribution in [0.15, 0.2) is 18.2 Å². The summed E-state index contributed by atoms with van der Waals surface area (Å²) in [4.78, 5) is 0. The van der Waals surface area contributed by atoms with Gasteiger partial charge in [-0.1, -0.05) is 6.07 Å². The highest BCUT2D eigenvalue weighted by Crippen LogP contribution is 2.29. The Morgan fingerprint density at radius 3 is 2.44 bits per heavy atom. The molecule has 102 valence electrons. The van der Waals surface area contributed by atoms with Crippen LogP contribution in [-0.2, 0) is 6.42 Å². The zero-order valence-corrected chi connectivity index (χ0v) is 11.2. The van der Waals surface area contributed by atoms with E-state index in [0.717, 1.165) is 23.5 Å². The number of ether oxygens (including phenoxy) is 2. The van der Waals surface area contributed by atoms with E-state index in [1.54, 1.807) is 0 Å². The van der Waals surface area contributed by atoms with Crippen LogP contribution in [0.2, 0.25) is 0 Å². The largest absolute Gasteiger partial charge is 0.490 e. The number of rotatable bonds is 8. The van der Waals surface area contributed by atoms with Crippen LogP contribution in [0.25, 0.3) is 0 Å². The fourth-order valence-electron chi connectivity index (χ4n) is 1.70. The molecule has 1 aromatic rings. The molecule has 0 heterocycles. The summed E-state index contributed by atoms with van der Waals surface area (Å²) < 4.78 is 11.0. The van der Waals surface area contributed by atoms with E-state index in [2.05, 4.69) is 0 Å². The third-order valence-electron chi connectivity index (χ3n) is 2.65. The lowest BCUT2D eigenvalue weighted by Gasteiger charge is -2.13. The molecular weight excluding hydrogens is 230 g/mol. The topological polar surface area (TPSA) is 64.7 Å². The van der Waals surface area contributed by atoms with Crippen molar-refractivity contribution in [2.75, 3.05) is 19.8 Å². The van der Waals surface area contributed by atoms with Gasteiger partial charge in [0.05, 0.1) is 19.3 Å². The van der Waals surface area contributed by atoms with Gasteiger partial charge in [0.15, 0.2) is 11.5 Å². The van der Waals surface area contributed by atoms with Crippen LogP contribution in [0.4, 0.5) is 0 Å². The molecule has 4 heteroatoms. The van der Waals surface area contributed by atoms with Crippen LogP contribution in [0, 0.1) is 0 Å². The van der Waals surface area contributed by atoms with Crippen LogP contribution in [0.3, 0.4) is 0 Å². The summed E-state index contributed by atoms with van der Waals surface area (Å²) in [7, 11) is 0. The molecule has 0 saturated heterocycles. The first-order chi connectivity index (χ1) is 8.71. The molecule has 0 aliphatic heterocycles. The van der Waals surface area contributed by atoms with Crippen molar-refractivity contribution in [2.24, 2.45) is 5.73 Å². The molecule has 0 aliphatic rings. The predicted octanol–water partition coefficient (Wildman–Crippen LogP) is 1.74. The molecule has 0 aromatic heterocycles. The minimum absolute atomic E-state index is 0.301. The normalized spacial score (nSPS) is 12.2. The number of benzene rings is 1. The van der Waals surface area contributed by atoms with E-state index in [0.29, 0.717) is 26.2 Å². The van der Waals surface area contributed by atoms with E-state index in [1.807, 2.05) is 32.0 Å². The zero-order valence-electron chi connectivity index (χ0n) is 11.2. The van der Waals surface area contributed by atoms with Gasteiger partial charge in [0, 0.05) is 6.54 Å². The summed E-state index contributed by atoms with van der Waals surface area (Å²) in [5, 5.41) is 9.45. The maximum atomic E-state index is 9.45. The minimum Gasteiger partial charge on any atom is -0.490 e. The van der Waals surface area contributed by atoms with E-state index in [4.69, 9.17) is 15.2 Å². The third-order valence-corrected chi connectivity index (χ3v) is 2.65. The maximum absolute atomic E-state index is 9.45. The molecule has 1 rings (SSSR count). The molecule has 0 saturated carbocycles. The third kappa shape index (κ3) is 4.55. The first-order valence-corrected chi connectivity index (χ1v) is 6.47. The molecule has 18 heavy (non-hydrogen) atoms. The van der Waals surface area contributed by atoms with Crippen molar-refractivity contribution >= 4 is 0 Å². The Hall–Kier alpha value is -1.26. The first-order valence-electron chi connectivity index (χ1n) is 6.47. The van der Waals surface area contributed by atoms with E-state index < -0.39 is 6.10 Å². The number of nitrogens with two attached hydrogens (primary N) is 1. The van der Waals surface area contributed by atoms with Crippen molar-refractivity contribution in [1.82, 2.24) is 0 Å². The second-order valence-corrected chi connectivity index (χ2v) is 4.08. The van der Waals surface area contributed by atoms with Crippen molar-refractivity contribution in [3.8, 4) is 11.5 Å². The van der Waals surface area contributed by atoms with E-state index in [-0.39, 0.29) is 0 Å². The summed E-state index contributed by atoms with van der Waals surface area (Å²) in [6.45, 7) is 5.41. The van der Waals surface area contributed by atoms with Gasteiger partial charge >= 0.3 is 0 Å². The average molecular weight is 253 g/mol. The average Bonchev–Trinajstić information content (AvgIpc) is 2.39. The summed E-state index contributed by atoms with van der Waals surface area (Å²) in [6, 6.07) is 5.88. The van der Waals surface area contributed by atoms with Crippen LogP contribution < -0.4 is 15.2 Å². The lowest BCUT2D eigenvalue weighted by molar-refractivity contribution is 0.173. The van der Waals surface area contributed by atoms with Gasteiger partial charge in [0.2, 0.25) is 0 Å². The highest BCUT2D eigenvalue weighted by atomic mass is 16.5. The van der Waals surface area contributed by atoms with Gasteiger partial charge in [-0.3, -0.25) is 0 Å². The van der Waals surface area contributed by atoms with Crippen molar-refractivity contribution in [3.63, 3.8) is 0 Å². The van der Waals surface area contributed by atoms with Crippen LogP contribution >= 0.6 is 0 Å². The second-order valence-electron chi connectivity index (χ2n) is 4.08. The standard InChI is InChI=1S/C14H23NO3/c1-3-17-13-8-6-11(5-7-12(16)10-15)9-14(13)18-4-2/h6,8-9,12,16H,3-5,7,10,15H2,1-2H3. The molecule has 0 aliphatic carbocycles. The van der Waals surface area contributed by atoms with E-state index in [1.165, 1.54) is 0 Å². The van der Waals surface area contributed by atoms with Gasteiger partial charge in [-0.15, -0.1) is 0 Å². The van der Waals surface area contributed by atoms with E-state index in [9.17, 15) is 5.11 Å². The molecule has 1 aromatic carbocycles. The molecule has 1 unspecified atom stereocenters. The molecule has 1 atom stereocenters. The fourth-order valence-corrected chi connectivity index (χ4v) is 1.70. The molecular formula is C14H23NO3. The Balaban J connectivity index is 2.72. The van der Waals surface area contributed by atoms with Crippen molar-refractivity contribution in [2.45, 2.75) is 32.8 Å². The summed E-state index contributed by atoms with van der Waals surface area (Å²) in [5.41, 5.74) is 6.50. The van der Waals surface area contributed by atoms with Crippen molar-refractivity contribution in [3.05, 3.63) is 23.8 Å². The molecule has 4 nitrogen and oxygen atoms in total. The fraction of sp³-hybridized carbons (Fsp3) is 0.571. The molecule has 0 radical (unpaired) electrons. The number of hydrogen-bond donors (Lipinski definition) is 2. The molecule has 0 fully saturated rings. The maximum Gasteiger partial charge on any atom is 0.161 e. The first kappa shape index (κ1) is 14.8. The van der Waals surface area contributed by atoms with Gasteiger partial charge in [0.1, 0.15) is 0 Å². The van der Waals surface area contributed by atoms with Crippen LogP contribution in [0.5, 0.6) is 11.5 Å². The van der Waals surface area contributed by atoms with Crippen molar-refractivity contribution < 1.29 is 14.6 Å². The zero-order chi connectivity index (χ0) is 13.4. The minimum atomic E-state index is -0.438. The number of aryl methyl sites for hydroxylation is 1. The van der Waals surface area contributed by atoms with Gasteiger partial charge in [0.25, 0.3) is 0 Å². The Kier molecular flexibility index (Phi) is 6.54. The van der Waals surface area contributed by atoms with Crippen molar-refractivity contribution in [1.29, 1.82) is 0 Å². The second kappa shape index (κ2) is 7.95. The molecule has 0 amide bonds. The SMILES string of the molecule is CCOc1ccc(CCC(O)CN)cc1OCC.